The van der Waals surface area contributed by atoms with E-state index in [1.54, 1.807) is 0 Å². The van der Waals surface area contributed by atoms with E-state index < -0.39 is 6.10 Å². The second kappa shape index (κ2) is 4.30. The number of nitrogens with one attached hydrogen (secondary N) is 1. The van der Waals surface area contributed by atoms with E-state index in [0.717, 1.165) is 24.3 Å². The Labute approximate surface area is 103 Å². The van der Waals surface area contributed by atoms with Crippen molar-refractivity contribution in [1.82, 2.24) is 4.98 Å². The number of aliphatic hydroxyl groups excluding tert-OH is 1. The summed E-state index contributed by atoms with van der Waals surface area (Å²) in [5.41, 5.74) is 3.30. The van der Waals surface area contributed by atoms with Gasteiger partial charge in [-0.25, -0.2) is 0 Å². The first-order chi connectivity index (χ1) is 7.90. The Morgan fingerprint density at radius 3 is 2.82 bits per heavy atom. The van der Waals surface area contributed by atoms with Gasteiger partial charge in [0.25, 0.3) is 0 Å². The quantitative estimate of drug-likeness (QED) is 0.845. The highest BCUT2D eigenvalue weighted by Gasteiger charge is 2.30. The first-order valence-electron chi connectivity index (χ1n) is 6.32. The fraction of sp³-hybridized carbons (Fsp3) is 0.643. The van der Waals surface area contributed by atoms with Gasteiger partial charge in [0.05, 0.1) is 11.8 Å². The highest BCUT2D eigenvalue weighted by molar-refractivity contribution is 5.59. The largest absolute Gasteiger partial charge is 0.387 e. The van der Waals surface area contributed by atoms with Crippen LogP contribution in [-0.4, -0.2) is 16.6 Å². The third-order valence-corrected chi connectivity index (χ3v) is 3.41. The molecule has 0 amide bonds. The van der Waals surface area contributed by atoms with Crippen molar-refractivity contribution < 1.29 is 5.11 Å². The molecule has 1 aliphatic heterocycles. The van der Waals surface area contributed by atoms with Gasteiger partial charge in [-0.15, -0.1) is 0 Å². The molecule has 0 radical (unpaired) electrons. The Hall–Kier alpha value is -1.09. The molecule has 1 aromatic rings. The Bertz CT molecular complexity index is 413. The van der Waals surface area contributed by atoms with Gasteiger partial charge in [-0.2, -0.15) is 0 Å². The van der Waals surface area contributed by atoms with Crippen molar-refractivity contribution in [3.8, 4) is 0 Å². The minimum Gasteiger partial charge on any atom is -0.387 e. The molecule has 1 unspecified atom stereocenters. The topological polar surface area (TPSA) is 45.2 Å². The maximum atomic E-state index is 10.1. The zero-order valence-corrected chi connectivity index (χ0v) is 11.1. The molecule has 2 heterocycles. The van der Waals surface area contributed by atoms with Gasteiger partial charge in [0.2, 0.25) is 0 Å². The van der Waals surface area contributed by atoms with Crippen LogP contribution in [-0.2, 0) is 5.41 Å². The van der Waals surface area contributed by atoms with Crippen LogP contribution in [0.25, 0.3) is 0 Å². The van der Waals surface area contributed by atoms with Crippen LogP contribution in [0.2, 0.25) is 0 Å². The van der Waals surface area contributed by atoms with E-state index >= 15 is 0 Å². The molecule has 0 bridgehead atoms. The van der Waals surface area contributed by atoms with Crippen LogP contribution < -0.4 is 5.32 Å². The molecule has 1 aromatic heterocycles. The molecule has 0 spiro atoms. The molecule has 2 N–H and O–H groups in total. The van der Waals surface area contributed by atoms with Crippen molar-refractivity contribution in [2.45, 2.75) is 45.6 Å². The molecule has 0 aliphatic carbocycles. The Morgan fingerprint density at radius 2 is 2.18 bits per heavy atom. The monoisotopic (exact) mass is 234 g/mol. The summed E-state index contributed by atoms with van der Waals surface area (Å²) in [6.07, 6.45) is 2.22. The number of nitrogens with zero attached hydrogens (tertiary/aromatic N) is 1. The fourth-order valence-electron chi connectivity index (χ4n) is 2.32. The highest BCUT2D eigenvalue weighted by Crippen LogP contribution is 2.36. The highest BCUT2D eigenvalue weighted by atomic mass is 16.3. The summed E-state index contributed by atoms with van der Waals surface area (Å²) in [7, 11) is 0. The van der Waals surface area contributed by atoms with Crippen LogP contribution in [0.5, 0.6) is 0 Å². The van der Waals surface area contributed by atoms with Gasteiger partial charge in [0, 0.05) is 29.4 Å². The maximum absolute atomic E-state index is 10.1. The summed E-state index contributed by atoms with van der Waals surface area (Å²) < 4.78 is 0. The number of aliphatic hydroxyl groups is 1. The maximum Gasteiger partial charge on any atom is 0.0963 e. The fourth-order valence-corrected chi connectivity index (χ4v) is 2.32. The minimum absolute atomic E-state index is 0.143. The molecule has 0 fully saturated rings. The smallest absolute Gasteiger partial charge is 0.0963 e. The van der Waals surface area contributed by atoms with Crippen molar-refractivity contribution in [2.24, 2.45) is 5.92 Å². The van der Waals surface area contributed by atoms with Crippen molar-refractivity contribution in [2.75, 3.05) is 11.9 Å². The summed E-state index contributed by atoms with van der Waals surface area (Å²) in [4.78, 5) is 4.41. The zero-order valence-electron chi connectivity index (χ0n) is 11.1. The predicted molar refractivity (Wildman–Crippen MR) is 70.2 cm³/mol. The van der Waals surface area contributed by atoms with Crippen LogP contribution in [0.4, 0.5) is 5.69 Å². The van der Waals surface area contributed by atoms with E-state index in [-0.39, 0.29) is 5.41 Å². The molecule has 2 rings (SSSR count). The van der Waals surface area contributed by atoms with Gasteiger partial charge in [-0.05, 0) is 18.4 Å². The van der Waals surface area contributed by atoms with Crippen LogP contribution >= 0.6 is 0 Å². The van der Waals surface area contributed by atoms with E-state index in [1.807, 2.05) is 12.3 Å². The van der Waals surface area contributed by atoms with Gasteiger partial charge >= 0.3 is 0 Å². The third-order valence-electron chi connectivity index (χ3n) is 3.41. The molecule has 94 valence electrons. The molecular weight excluding hydrogens is 212 g/mol. The van der Waals surface area contributed by atoms with Gasteiger partial charge in [-0.3, -0.25) is 4.98 Å². The summed E-state index contributed by atoms with van der Waals surface area (Å²) >= 11 is 0. The number of anilines is 1. The van der Waals surface area contributed by atoms with Crippen LogP contribution in [0.1, 0.15) is 51.5 Å². The van der Waals surface area contributed by atoms with E-state index in [1.165, 1.54) is 5.56 Å². The minimum atomic E-state index is -0.453. The average Bonchev–Trinajstić information content (AvgIpc) is 2.53. The normalized spacial score (nSPS) is 18.9. The second-order valence-corrected chi connectivity index (χ2v) is 6.04. The number of aromatic nitrogens is 1. The number of hydrogen-bond acceptors (Lipinski definition) is 3. The van der Waals surface area contributed by atoms with E-state index in [4.69, 9.17) is 0 Å². The Morgan fingerprint density at radius 1 is 1.47 bits per heavy atom. The second-order valence-electron chi connectivity index (χ2n) is 6.04. The third kappa shape index (κ3) is 2.44. The van der Waals surface area contributed by atoms with E-state index in [2.05, 4.69) is 38.0 Å². The van der Waals surface area contributed by atoms with Gasteiger partial charge in [0.15, 0.2) is 0 Å². The molecule has 1 atom stereocenters. The molecule has 0 aromatic carbocycles. The number of hydrogen-bond donors (Lipinski definition) is 2. The molecule has 0 saturated heterocycles. The van der Waals surface area contributed by atoms with E-state index in [0.29, 0.717) is 5.92 Å². The van der Waals surface area contributed by atoms with Gasteiger partial charge in [-0.1, -0.05) is 27.7 Å². The van der Waals surface area contributed by atoms with Crippen molar-refractivity contribution in [1.29, 1.82) is 0 Å². The van der Waals surface area contributed by atoms with Gasteiger partial charge < -0.3 is 10.4 Å². The molecule has 3 nitrogen and oxygen atoms in total. The molecular formula is C14H22N2O. The molecule has 0 saturated carbocycles. The van der Waals surface area contributed by atoms with Crippen LogP contribution in [0, 0.1) is 5.92 Å². The van der Waals surface area contributed by atoms with Crippen molar-refractivity contribution in [3.63, 3.8) is 0 Å². The first kappa shape index (κ1) is 12.4. The van der Waals surface area contributed by atoms with Crippen molar-refractivity contribution in [3.05, 3.63) is 23.5 Å². The predicted octanol–water partition coefficient (Wildman–Crippen LogP) is 2.86. The summed E-state index contributed by atoms with van der Waals surface area (Å²) in [6.45, 7) is 9.57. The van der Waals surface area contributed by atoms with Crippen LogP contribution in [0.15, 0.2) is 12.3 Å². The summed E-state index contributed by atoms with van der Waals surface area (Å²) in [5.74, 6) is 0.476. The number of fused-ring (bicyclic) bond motifs is 1. The van der Waals surface area contributed by atoms with Crippen molar-refractivity contribution >= 4 is 5.69 Å². The zero-order chi connectivity index (χ0) is 12.6. The lowest BCUT2D eigenvalue weighted by atomic mass is 9.88. The lowest BCUT2D eigenvalue weighted by Gasteiger charge is -2.17. The molecule has 17 heavy (non-hydrogen) atoms. The number of pyridine rings is 1. The summed E-state index contributed by atoms with van der Waals surface area (Å²) in [5, 5.41) is 13.4. The van der Waals surface area contributed by atoms with E-state index in [9.17, 15) is 5.11 Å². The van der Waals surface area contributed by atoms with Gasteiger partial charge in [0.1, 0.15) is 0 Å². The SMILES string of the molecule is CC(C)CC(O)c1cc2c(cn1)C(C)(C)CN2. The molecule has 1 aliphatic rings. The standard InChI is InChI=1S/C14H22N2O/c1-9(2)5-13(17)12-6-11-10(7-15-12)14(3,4)8-16-11/h6-7,9,13,16-17H,5,8H2,1-4H3. The first-order valence-corrected chi connectivity index (χ1v) is 6.32. The molecule has 3 heteroatoms. The lowest BCUT2D eigenvalue weighted by Crippen LogP contribution is -2.19. The van der Waals surface area contributed by atoms with Crippen LogP contribution in [0.3, 0.4) is 0 Å². The average molecular weight is 234 g/mol. The Balaban J connectivity index is 2.24. The number of rotatable bonds is 3. The Kier molecular flexibility index (Phi) is 3.13. The summed E-state index contributed by atoms with van der Waals surface area (Å²) in [6, 6.07) is 2.00. The lowest BCUT2D eigenvalue weighted by molar-refractivity contribution is 0.146.